The zero-order valence-corrected chi connectivity index (χ0v) is 16.8. The summed E-state index contributed by atoms with van der Waals surface area (Å²) in [5.41, 5.74) is -3.09. The van der Waals surface area contributed by atoms with Crippen LogP contribution in [0.15, 0.2) is 73.1 Å². The lowest BCUT2D eigenvalue weighted by Gasteiger charge is -2.37. The van der Waals surface area contributed by atoms with Crippen molar-refractivity contribution in [2.75, 3.05) is 0 Å². The number of aromatic nitrogens is 2. The molecule has 1 N–H and O–H groups in total. The van der Waals surface area contributed by atoms with Crippen molar-refractivity contribution in [3.63, 3.8) is 0 Å². The second kappa shape index (κ2) is 7.85. The quantitative estimate of drug-likeness (QED) is 0.641. The van der Waals surface area contributed by atoms with Gasteiger partial charge in [-0.05, 0) is 50.1 Å². The molecule has 3 aromatic rings. The first-order valence-corrected chi connectivity index (χ1v) is 9.27. The number of alkyl halides is 3. The summed E-state index contributed by atoms with van der Waals surface area (Å²) < 4.78 is 50.0. The molecule has 1 heterocycles. The molecule has 0 aliphatic heterocycles. The number of benzene rings is 2. The standard InChI is InChI=1S/C22H22F3N3O2/c1-20(2,3)27-19(29)30-18-12-10-17(11-13-18)21(22(23,24)25,28-15-7-14-26-28)16-8-5-4-6-9-16/h4-15H,1-3H3,(H,27,29). The van der Waals surface area contributed by atoms with Crippen LogP contribution in [-0.4, -0.2) is 27.6 Å². The summed E-state index contributed by atoms with van der Waals surface area (Å²) in [6.07, 6.45) is -2.81. The maximum atomic E-state index is 14.7. The highest BCUT2D eigenvalue weighted by Crippen LogP contribution is 2.47. The summed E-state index contributed by atoms with van der Waals surface area (Å²) in [5.74, 6) is 0.130. The molecule has 1 atom stereocenters. The van der Waals surface area contributed by atoms with Crippen LogP contribution in [0.5, 0.6) is 5.75 Å². The first-order chi connectivity index (χ1) is 14.0. The smallest absolute Gasteiger partial charge is 0.410 e. The van der Waals surface area contributed by atoms with E-state index >= 15 is 0 Å². The average Bonchev–Trinajstić information content (AvgIpc) is 3.16. The van der Waals surface area contributed by atoms with E-state index in [1.165, 1.54) is 54.9 Å². The van der Waals surface area contributed by atoms with Crippen molar-refractivity contribution in [3.8, 4) is 5.75 Å². The fourth-order valence-electron chi connectivity index (χ4n) is 3.24. The van der Waals surface area contributed by atoms with Crippen LogP contribution in [0, 0.1) is 0 Å². The van der Waals surface area contributed by atoms with Gasteiger partial charge in [0.05, 0.1) is 0 Å². The summed E-state index contributed by atoms with van der Waals surface area (Å²) >= 11 is 0. The van der Waals surface area contributed by atoms with E-state index < -0.39 is 23.3 Å². The van der Waals surface area contributed by atoms with Crippen molar-refractivity contribution >= 4 is 6.09 Å². The molecule has 3 rings (SSSR count). The summed E-state index contributed by atoms with van der Waals surface area (Å²) in [5, 5.41) is 6.55. The van der Waals surface area contributed by atoms with Crippen LogP contribution in [0.1, 0.15) is 31.9 Å². The van der Waals surface area contributed by atoms with E-state index in [-0.39, 0.29) is 16.9 Å². The zero-order chi connectivity index (χ0) is 22.0. The molecular weight excluding hydrogens is 395 g/mol. The van der Waals surface area contributed by atoms with Gasteiger partial charge in [0.15, 0.2) is 0 Å². The van der Waals surface area contributed by atoms with E-state index in [1.807, 2.05) is 0 Å². The molecular formula is C22H22F3N3O2. The van der Waals surface area contributed by atoms with Gasteiger partial charge in [0.2, 0.25) is 5.54 Å². The number of ether oxygens (including phenoxy) is 1. The Morgan fingerprint density at radius 2 is 1.53 bits per heavy atom. The predicted octanol–water partition coefficient (Wildman–Crippen LogP) is 5.12. The lowest BCUT2D eigenvalue weighted by Crippen LogP contribution is -2.50. The van der Waals surface area contributed by atoms with Gasteiger partial charge in [0, 0.05) is 17.9 Å². The van der Waals surface area contributed by atoms with E-state index in [0.717, 1.165) is 4.68 Å². The molecule has 0 aliphatic rings. The first-order valence-electron chi connectivity index (χ1n) is 9.27. The molecule has 2 aromatic carbocycles. The number of hydrogen-bond donors (Lipinski definition) is 1. The molecule has 8 heteroatoms. The molecule has 158 valence electrons. The maximum absolute atomic E-state index is 14.7. The summed E-state index contributed by atoms with van der Waals surface area (Å²) in [7, 11) is 0. The van der Waals surface area contributed by atoms with Crippen LogP contribution < -0.4 is 10.1 Å². The van der Waals surface area contributed by atoms with Gasteiger partial charge in [-0.1, -0.05) is 42.5 Å². The SMILES string of the molecule is CC(C)(C)NC(=O)Oc1ccc(C(c2ccccc2)(n2cccn2)C(F)(F)F)cc1. The summed E-state index contributed by atoms with van der Waals surface area (Å²) in [6.45, 7) is 5.37. The molecule has 0 saturated carbocycles. The number of carbonyl (C=O) groups excluding carboxylic acids is 1. The molecule has 30 heavy (non-hydrogen) atoms. The highest BCUT2D eigenvalue weighted by molar-refractivity contribution is 5.71. The minimum Gasteiger partial charge on any atom is -0.410 e. The monoisotopic (exact) mass is 417 g/mol. The minimum absolute atomic E-state index is 0.0142. The van der Waals surface area contributed by atoms with Crippen molar-refractivity contribution in [2.45, 2.75) is 38.0 Å². The number of amides is 1. The van der Waals surface area contributed by atoms with E-state index in [2.05, 4.69) is 10.4 Å². The van der Waals surface area contributed by atoms with Gasteiger partial charge in [-0.15, -0.1) is 0 Å². The van der Waals surface area contributed by atoms with Crippen LogP contribution in [0.25, 0.3) is 0 Å². The van der Waals surface area contributed by atoms with Crippen molar-refractivity contribution < 1.29 is 22.7 Å². The maximum Gasteiger partial charge on any atom is 0.422 e. The van der Waals surface area contributed by atoms with Gasteiger partial charge in [0.25, 0.3) is 0 Å². The van der Waals surface area contributed by atoms with Gasteiger partial charge < -0.3 is 10.1 Å². The van der Waals surface area contributed by atoms with Crippen molar-refractivity contribution in [1.82, 2.24) is 15.1 Å². The van der Waals surface area contributed by atoms with E-state index in [1.54, 1.807) is 39.0 Å². The average molecular weight is 417 g/mol. The van der Waals surface area contributed by atoms with E-state index in [4.69, 9.17) is 4.74 Å². The van der Waals surface area contributed by atoms with Gasteiger partial charge in [-0.2, -0.15) is 18.3 Å². The van der Waals surface area contributed by atoms with Crippen LogP contribution in [0.2, 0.25) is 0 Å². The highest BCUT2D eigenvalue weighted by atomic mass is 19.4. The first kappa shape index (κ1) is 21.4. The Morgan fingerprint density at radius 1 is 0.933 bits per heavy atom. The molecule has 5 nitrogen and oxygen atoms in total. The molecule has 1 unspecified atom stereocenters. The third kappa shape index (κ3) is 4.17. The van der Waals surface area contributed by atoms with Crippen LogP contribution in [0.3, 0.4) is 0 Å². The second-order valence-corrected chi connectivity index (χ2v) is 7.81. The second-order valence-electron chi connectivity index (χ2n) is 7.81. The Labute approximate surface area is 172 Å². The Balaban J connectivity index is 2.07. The molecule has 1 amide bonds. The van der Waals surface area contributed by atoms with Crippen LogP contribution in [0.4, 0.5) is 18.0 Å². The molecule has 1 aromatic heterocycles. The Morgan fingerprint density at radius 3 is 2.03 bits per heavy atom. The third-order valence-electron chi connectivity index (χ3n) is 4.41. The number of nitrogens with zero attached hydrogens (tertiary/aromatic N) is 2. The molecule has 0 saturated heterocycles. The zero-order valence-electron chi connectivity index (χ0n) is 16.8. The van der Waals surface area contributed by atoms with Gasteiger partial charge in [0.1, 0.15) is 5.75 Å². The summed E-state index contributed by atoms with van der Waals surface area (Å²) in [6, 6.07) is 14.3. The molecule has 0 bridgehead atoms. The Hall–Kier alpha value is -3.29. The van der Waals surface area contributed by atoms with Crippen molar-refractivity contribution in [3.05, 3.63) is 84.2 Å². The number of halogens is 3. The number of carbonyl (C=O) groups is 1. The molecule has 0 radical (unpaired) electrons. The normalized spacial score (nSPS) is 14.1. The number of hydrogen-bond acceptors (Lipinski definition) is 3. The molecule has 0 spiro atoms. The predicted molar refractivity (Wildman–Crippen MR) is 106 cm³/mol. The lowest BCUT2D eigenvalue weighted by atomic mass is 9.82. The third-order valence-corrected chi connectivity index (χ3v) is 4.41. The van der Waals surface area contributed by atoms with E-state index in [9.17, 15) is 18.0 Å². The largest absolute Gasteiger partial charge is 0.422 e. The van der Waals surface area contributed by atoms with Crippen LogP contribution >= 0.6 is 0 Å². The topological polar surface area (TPSA) is 56.1 Å². The summed E-state index contributed by atoms with van der Waals surface area (Å²) in [4.78, 5) is 11.9. The number of rotatable bonds is 4. The highest BCUT2D eigenvalue weighted by Gasteiger charge is 2.59. The fourth-order valence-corrected chi connectivity index (χ4v) is 3.24. The van der Waals surface area contributed by atoms with E-state index in [0.29, 0.717) is 0 Å². The van der Waals surface area contributed by atoms with Gasteiger partial charge in [-0.25, -0.2) is 9.48 Å². The minimum atomic E-state index is -4.70. The Kier molecular flexibility index (Phi) is 5.61. The van der Waals surface area contributed by atoms with Crippen LogP contribution in [-0.2, 0) is 5.54 Å². The lowest BCUT2D eigenvalue weighted by molar-refractivity contribution is -0.189. The molecule has 0 fully saturated rings. The molecule has 0 aliphatic carbocycles. The van der Waals surface area contributed by atoms with Crippen molar-refractivity contribution in [1.29, 1.82) is 0 Å². The fraction of sp³-hybridized carbons (Fsp3) is 0.273. The number of nitrogens with one attached hydrogen (secondary N) is 1. The van der Waals surface area contributed by atoms with Gasteiger partial charge in [-0.3, -0.25) is 0 Å². The van der Waals surface area contributed by atoms with Crippen molar-refractivity contribution in [2.24, 2.45) is 0 Å². The Bertz CT molecular complexity index is 979. The van der Waals surface area contributed by atoms with Gasteiger partial charge >= 0.3 is 12.3 Å².